The molecule has 1 aromatic heterocycles. The van der Waals surface area contributed by atoms with Crippen molar-refractivity contribution in [2.24, 2.45) is 4.99 Å². The summed E-state index contributed by atoms with van der Waals surface area (Å²) in [7, 11) is 0. The van der Waals surface area contributed by atoms with Gasteiger partial charge in [-0.3, -0.25) is 4.99 Å². The first-order valence-corrected chi connectivity index (χ1v) is 11.4. The summed E-state index contributed by atoms with van der Waals surface area (Å²) in [6.45, 7) is 5.34. The number of carbonyl (C=O) groups excluding carboxylic acids is 1. The molecule has 0 spiro atoms. The van der Waals surface area contributed by atoms with Crippen molar-refractivity contribution >= 4 is 28.6 Å². The van der Waals surface area contributed by atoms with Crippen LogP contribution in [0.1, 0.15) is 31.7 Å². The summed E-state index contributed by atoms with van der Waals surface area (Å²) in [5.41, 5.74) is 4.06. The van der Waals surface area contributed by atoms with Crippen LogP contribution >= 0.6 is 0 Å². The van der Waals surface area contributed by atoms with Gasteiger partial charge in [0, 0.05) is 22.9 Å². The molecule has 1 aliphatic carbocycles. The number of urea groups is 1. The highest BCUT2D eigenvalue weighted by molar-refractivity contribution is 6.13. The lowest BCUT2D eigenvalue weighted by Crippen LogP contribution is -2.51. The largest absolute Gasteiger partial charge is 0.335 e. The number of aliphatic imine (C=N–C) groups is 1. The van der Waals surface area contributed by atoms with Gasteiger partial charge in [-0.2, -0.15) is 0 Å². The van der Waals surface area contributed by atoms with E-state index in [0.717, 1.165) is 34.6 Å². The van der Waals surface area contributed by atoms with Crippen LogP contribution in [0.3, 0.4) is 0 Å². The lowest BCUT2D eigenvalue weighted by molar-refractivity contribution is 0.170. The number of fused-ring (bicyclic) bond motifs is 1. The third kappa shape index (κ3) is 3.35. The van der Waals surface area contributed by atoms with Crippen molar-refractivity contribution in [3.05, 3.63) is 77.6 Å². The van der Waals surface area contributed by atoms with Gasteiger partial charge in [0.25, 0.3) is 0 Å². The number of nitrogens with one attached hydrogen (secondary N) is 2. The molecule has 33 heavy (non-hydrogen) atoms. The highest BCUT2D eigenvalue weighted by atomic mass is 16.2. The summed E-state index contributed by atoms with van der Waals surface area (Å²) in [4.78, 5) is 28.7. The molecule has 3 heterocycles. The zero-order chi connectivity index (χ0) is 22.6. The fraction of sp³-hybridized carbons (Fsp3) is 0.308. The molecule has 7 heteroatoms. The molecule has 0 radical (unpaired) electrons. The SMILES string of the molecule is CC1(C)C2=C(CN1C(=O)NC1C[C@H]1c1ccccc1)C(Nc1ncnc3ccccc13)=NC2. The predicted octanol–water partition coefficient (Wildman–Crippen LogP) is 4.11. The van der Waals surface area contributed by atoms with Crippen LogP contribution in [-0.4, -0.2) is 51.4 Å². The molecule has 3 aliphatic rings. The highest BCUT2D eigenvalue weighted by Crippen LogP contribution is 2.42. The molecule has 0 bridgehead atoms. The minimum Gasteiger partial charge on any atom is -0.335 e. The molecular weight excluding hydrogens is 412 g/mol. The second-order valence-corrected chi connectivity index (χ2v) is 9.44. The number of benzene rings is 2. The molecule has 2 N–H and O–H groups in total. The molecule has 2 amide bonds. The second-order valence-electron chi connectivity index (χ2n) is 9.44. The number of amides is 2. The number of anilines is 1. The Morgan fingerprint density at radius 1 is 1.06 bits per heavy atom. The monoisotopic (exact) mass is 438 g/mol. The third-order valence-electron chi connectivity index (χ3n) is 7.13. The molecule has 7 nitrogen and oxygen atoms in total. The number of nitrogens with zero attached hydrogens (tertiary/aromatic N) is 4. The van der Waals surface area contributed by atoms with E-state index in [9.17, 15) is 4.79 Å². The molecule has 2 aromatic carbocycles. The molecule has 2 atom stereocenters. The maximum atomic E-state index is 13.3. The average molecular weight is 439 g/mol. The van der Waals surface area contributed by atoms with Crippen molar-refractivity contribution in [2.45, 2.75) is 37.8 Å². The number of rotatable bonds is 3. The van der Waals surface area contributed by atoms with Crippen molar-refractivity contribution < 1.29 is 4.79 Å². The van der Waals surface area contributed by atoms with Gasteiger partial charge >= 0.3 is 6.03 Å². The van der Waals surface area contributed by atoms with E-state index in [1.54, 1.807) is 6.33 Å². The van der Waals surface area contributed by atoms with Gasteiger partial charge in [0.05, 0.1) is 24.1 Å². The summed E-state index contributed by atoms with van der Waals surface area (Å²) in [6, 6.07) is 18.5. The van der Waals surface area contributed by atoms with Crippen molar-refractivity contribution in [2.75, 3.05) is 18.4 Å². The summed E-state index contributed by atoms with van der Waals surface area (Å²) in [5, 5.41) is 7.62. The smallest absolute Gasteiger partial charge is 0.318 e. The van der Waals surface area contributed by atoms with E-state index in [0.29, 0.717) is 19.0 Å². The molecule has 2 aliphatic heterocycles. The maximum absolute atomic E-state index is 13.3. The lowest BCUT2D eigenvalue weighted by atomic mass is 9.94. The first-order valence-electron chi connectivity index (χ1n) is 11.4. The number of carbonyl (C=O) groups is 1. The van der Waals surface area contributed by atoms with E-state index < -0.39 is 5.54 Å². The van der Waals surface area contributed by atoms with Crippen LogP contribution < -0.4 is 10.6 Å². The van der Waals surface area contributed by atoms with Gasteiger partial charge in [0.2, 0.25) is 0 Å². The molecule has 6 rings (SSSR count). The van der Waals surface area contributed by atoms with E-state index >= 15 is 0 Å². The molecule has 166 valence electrons. The van der Waals surface area contributed by atoms with Crippen molar-refractivity contribution in [1.82, 2.24) is 20.2 Å². The number of hydrogen-bond donors (Lipinski definition) is 2. The van der Waals surface area contributed by atoms with Gasteiger partial charge in [0.15, 0.2) is 0 Å². The molecule has 1 fully saturated rings. The third-order valence-corrected chi connectivity index (χ3v) is 7.13. The first-order chi connectivity index (χ1) is 16.0. The van der Waals surface area contributed by atoms with Gasteiger partial charge in [-0.1, -0.05) is 42.5 Å². The topological polar surface area (TPSA) is 82.5 Å². The Morgan fingerprint density at radius 2 is 1.85 bits per heavy atom. The fourth-order valence-corrected chi connectivity index (χ4v) is 5.06. The summed E-state index contributed by atoms with van der Waals surface area (Å²) in [6.07, 6.45) is 2.55. The van der Waals surface area contributed by atoms with Crippen LogP contribution in [0.25, 0.3) is 10.9 Å². The zero-order valence-corrected chi connectivity index (χ0v) is 18.7. The number of para-hydroxylation sites is 1. The van der Waals surface area contributed by atoms with Gasteiger partial charge in [-0.25, -0.2) is 14.8 Å². The molecular formula is C26H26N6O. The van der Waals surface area contributed by atoms with E-state index in [1.165, 1.54) is 11.1 Å². The van der Waals surface area contributed by atoms with E-state index in [-0.39, 0.29) is 12.1 Å². The van der Waals surface area contributed by atoms with Crippen LogP contribution in [-0.2, 0) is 0 Å². The fourth-order valence-electron chi connectivity index (χ4n) is 5.06. The standard InChI is InChI=1S/C26H26N6O/c1-26(2)20-13-27-24(31-23-17-10-6-7-11-21(17)28-15-29-23)19(20)14-32(26)25(33)30-22-12-18(22)16-8-4-3-5-9-16/h3-11,15,18,22H,12-14H2,1-2H3,(H,30,33)(H,27,28,29,31)/t18-,22?/m0/s1. The van der Waals surface area contributed by atoms with Crippen LogP contribution in [0.2, 0.25) is 0 Å². The summed E-state index contributed by atoms with van der Waals surface area (Å²) < 4.78 is 0. The quantitative estimate of drug-likeness (QED) is 0.645. The Labute approximate surface area is 192 Å². The minimum absolute atomic E-state index is 0.00957. The van der Waals surface area contributed by atoms with Gasteiger partial charge < -0.3 is 15.5 Å². The maximum Gasteiger partial charge on any atom is 0.318 e. The first kappa shape index (κ1) is 19.9. The lowest BCUT2D eigenvalue weighted by Gasteiger charge is -2.34. The minimum atomic E-state index is -0.392. The normalized spacial score (nSPS) is 22.8. The molecule has 3 aromatic rings. The van der Waals surface area contributed by atoms with E-state index in [1.807, 2.05) is 35.2 Å². The number of amidine groups is 1. The molecule has 1 unspecified atom stereocenters. The summed E-state index contributed by atoms with van der Waals surface area (Å²) >= 11 is 0. The Balaban J connectivity index is 1.18. The molecule has 0 saturated heterocycles. The van der Waals surface area contributed by atoms with Crippen molar-refractivity contribution in [3.8, 4) is 0 Å². The van der Waals surface area contributed by atoms with Crippen molar-refractivity contribution in [3.63, 3.8) is 0 Å². The average Bonchev–Trinajstić information content (AvgIpc) is 3.38. The van der Waals surface area contributed by atoms with Gasteiger partial charge in [-0.05, 0) is 43.5 Å². The number of aromatic nitrogens is 2. The van der Waals surface area contributed by atoms with Crippen LogP contribution in [0.5, 0.6) is 0 Å². The Kier molecular flexibility index (Phi) is 4.47. The van der Waals surface area contributed by atoms with Crippen LogP contribution in [0.4, 0.5) is 10.6 Å². The van der Waals surface area contributed by atoms with Crippen LogP contribution in [0, 0.1) is 0 Å². The number of hydrogen-bond acceptors (Lipinski definition) is 5. The zero-order valence-electron chi connectivity index (χ0n) is 18.7. The Hall–Kier alpha value is -3.74. The van der Waals surface area contributed by atoms with E-state index in [4.69, 9.17) is 4.99 Å². The predicted molar refractivity (Wildman–Crippen MR) is 129 cm³/mol. The second kappa shape index (κ2) is 7.40. The van der Waals surface area contributed by atoms with Crippen molar-refractivity contribution in [1.29, 1.82) is 0 Å². The van der Waals surface area contributed by atoms with Crippen LogP contribution in [0.15, 0.2) is 77.1 Å². The Morgan fingerprint density at radius 3 is 2.70 bits per heavy atom. The Bertz CT molecular complexity index is 1310. The van der Waals surface area contributed by atoms with E-state index in [2.05, 4.69) is 58.7 Å². The van der Waals surface area contributed by atoms with Gasteiger partial charge in [-0.15, -0.1) is 0 Å². The molecule has 1 saturated carbocycles. The van der Waals surface area contributed by atoms with Gasteiger partial charge in [0.1, 0.15) is 18.0 Å². The summed E-state index contributed by atoms with van der Waals surface area (Å²) in [5.74, 6) is 1.94. The highest BCUT2D eigenvalue weighted by Gasteiger charge is 2.47.